The standard InChI is InChI=1S/C20H19ClN8O2/c1-28(10-11-2-4-13(21)5-3-11)18-25-16-12(8-15-17(30)26-20(31)24-15)9-22-29(16)19(27-18)23-14-6-7-14/h2-5,8-9,14,30H,6-7,10H2,1H3,(H2,24,26,31)/b12-8+,23-19?. The lowest BCUT2D eigenvalue weighted by Gasteiger charge is -2.17. The van der Waals surface area contributed by atoms with Gasteiger partial charge in [0.2, 0.25) is 11.8 Å². The Morgan fingerprint density at radius 3 is 2.74 bits per heavy atom. The Morgan fingerprint density at radius 1 is 1.29 bits per heavy atom. The van der Waals surface area contributed by atoms with Crippen molar-refractivity contribution in [3.8, 4) is 5.88 Å². The second kappa shape index (κ2) is 7.55. The number of anilines is 1. The molecule has 0 spiro atoms. The third kappa shape index (κ3) is 4.02. The zero-order chi connectivity index (χ0) is 21.5. The number of benzene rings is 1. The Labute approximate surface area is 180 Å². The molecule has 0 atom stereocenters. The van der Waals surface area contributed by atoms with Crippen LogP contribution in [-0.2, 0) is 6.54 Å². The van der Waals surface area contributed by atoms with Gasteiger partial charge >= 0.3 is 5.69 Å². The molecule has 0 saturated heterocycles. The number of aromatic nitrogens is 6. The van der Waals surface area contributed by atoms with Gasteiger partial charge in [-0.2, -0.15) is 19.6 Å². The Hall–Kier alpha value is -3.66. The average molecular weight is 439 g/mol. The zero-order valence-corrected chi connectivity index (χ0v) is 17.3. The van der Waals surface area contributed by atoms with Crippen molar-refractivity contribution >= 4 is 29.3 Å². The summed E-state index contributed by atoms with van der Waals surface area (Å²) in [6.07, 6.45) is 5.26. The smallest absolute Gasteiger partial charge is 0.326 e. The summed E-state index contributed by atoms with van der Waals surface area (Å²) in [7, 11) is 1.90. The van der Waals surface area contributed by atoms with Gasteiger partial charge < -0.3 is 15.0 Å². The topological polar surface area (TPSA) is 128 Å². The van der Waals surface area contributed by atoms with Crippen LogP contribution in [-0.4, -0.2) is 47.7 Å². The molecule has 1 saturated carbocycles. The number of hydrogen-bond donors (Lipinski definition) is 3. The van der Waals surface area contributed by atoms with E-state index in [1.807, 2.05) is 36.2 Å². The zero-order valence-electron chi connectivity index (χ0n) is 16.6. The Bertz CT molecular complexity index is 1430. The molecule has 11 heteroatoms. The lowest BCUT2D eigenvalue weighted by Crippen LogP contribution is -2.28. The number of aromatic hydroxyl groups is 1. The van der Waals surface area contributed by atoms with Gasteiger partial charge in [0.1, 0.15) is 5.69 Å². The van der Waals surface area contributed by atoms with Crippen molar-refractivity contribution in [1.82, 2.24) is 29.5 Å². The Kier molecular flexibility index (Phi) is 4.70. The van der Waals surface area contributed by atoms with Crippen LogP contribution in [0.1, 0.15) is 24.1 Å². The summed E-state index contributed by atoms with van der Waals surface area (Å²) in [4.78, 5) is 32.2. The first-order chi connectivity index (χ1) is 15.0. The van der Waals surface area contributed by atoms with Crippen LogP contribution in [0.4, 0.5) is 5.95 Å². The number of hydrogen-bond acceptors (Lipinski definition) is 7. The second-order valence-electron chi connectivity index (χ2n) is 7.49. The minimum Gasteiger partial charge on any atom is -0.493 e. The van der Waals surface area contributed by atoms with Crippen LogP contribution < -0.4 is 21.4 Å². The quantitative estimate of drug-likeness (QED) is 0.422. The largest absolute Gasteiger partial charge is 0.493 e. The van der Waals surface area contributed by atoms with E-state index in [-0.39, 0.29) is 17.6 Å². The third-order valence-corrected chi connectivity index (χ3v) is 5.17. The first-order valence-electron chi connectivity index (χ1n) is 9.74. The van der Waals surface area contributed by atoms with Gasteiger partial charge in [-0.25, -0.2) is 9.79 Å². The maximum Gasteiger partial charge on any atom is 0.326 e. The van der Waals surface area contributed by atoms with E-state index in [0.29, 0.717) is 34.0 Å². The van der Waals surface area contributed by atoms with Crippen molar-refractivity contribution in [2.24, 2.45) is 4.99 Å². The number of rotatable bonds is 5. The first kappa shape index (κ1) is 19.3. The molecule has 3 N–H and O–H groups in total. The highest BCUT2D eigenvalue weighted by Crippen LogP contribution is 2.22. The van der Waals surface area contributed by atoms with Gasteiger partial charge in [-0.1, -0.05) is 23.7 Å². The van der Waals surface area contributed by atoms with Crippen LogP contribution in [0.2, 0.25) is 5.02 Å². The van der Waals surface area contributed by atoms with Crippen LogP contribution in [0.3, 0.4) is 0 Å². The molecule has 1 fully saturated rings. The lowest BCUT2D eigenvalue weighted by atomic mass is 10.2. The number of fused-ring (bicyclic) bond motifs is 1. The molecule has 0 aliphatic heterocycles. The average Bonchev–Trinajstić information content (AvgIpc) is 3.38. The van der Waals surface area contributed by atoms with E-state index in [1.165, 1.54) is 0 Å². The molecule has 0 unspecified atom stereocenters. The molecule has 10 nitrogen and oxygen atoms in total. The molecule has 3 aromatic heterocycles. The Morgan fingerprint density at radius 2 is 2.06 bits per heavy atom. The summed E-state index contributed by atoms with van der Waals surface area (Å²) in [5, 5.41) is 15.6. The van der Waals surface area contributed by atoms with Crippen molar-refractivity contribution in [3.63, 3.8) is 0 Å². The fraction of sp³-hybridized carbons (Fsp3) is 0.250. The molecule has 31 heavy (non-hydrogen) atoms. The van der Waals surface area contributed by atoms with E-state index in [9.17, 15) is 9.90 Å². The SMILES string of the molecule is CN(Cc1ccc(Cl)cc1)c1nc(=NC2CC2)n2nc/c(=C\c3[nH]c(=O)[nH]c3O)c2n1. The fourth-order valence-electron chi connectivity index (χ4n) is 3.17. The van der Waals surface area contributed by atoms with Crippen molar-refractivity contribution in [1.29, 1.82) is 0 Å². The highest BCUT2D eigenvalue weighted by atomic mass is 35.5. The maximum absolute atomic E-state index is 11.5. The van der Waals surface area contributed by atoms with E-state index in [1.54, 1.807) is 16.8 Å². The molecule has 1 aliphatic carbocycles. The molecule has 0 bridgehead atoms. The monoisotopic (exact) mass is 438 g/mol. The van der Waals surface area contributed by atoms with Crippen LogP contribution in [0, 0.1) is 0 Å². The van der Waals surface area contributed by atoms with Gasteiger partial charge in [0, 0.05) is 23.8 Å². The summed E-state index contributed by atoms with van der Waals surface area (Å²) >= 11 is 5.98. The molecule has 1 aromatic carbocycles. The van der Waals surface area contributed by atoms with Crippen molar-refractivity contribution < 1.29 is 5.11 Å². The normalized spacial score (nSPS) is 15.2. The third-order valence-electron chi connectivity index (χ3n) is 4.92. The molecule has 1 aliphatic rings. The van der Waals surface area contributed by atoms with E-state index in [2.05, 4.69) is 30.0 Å². The van der Waals surface area contributed by atoms with Crippen molar-refractivity contribution in [2.45, 2.75) is 25.4 Å². The van der Waals surface area contributed by atoms with Crippen molar-refractivity contribution in [3.05, 3.63) is 68.1 Å². The number of nitrogens with one attached hydrogen (secondary N) is 2. The van der Waals surface area contributed by atoms with E-state index in [0.717, 1.165) is 18.4 Å². The molecule has 3 heterocycles. The molecule has 0 radical (unpaired) electrons. The molecular formula is C20H19ClN8O2. The summed E-state index contributed by atoms with van der Waals surface area (Å²) < 4.78 is 1.57. The highest BCUT2D eigenvalue weighted by molar-refractivity contribution is 6.30. The molecule has 5 rings (SSSR count). The predicted octanol–water partition coefficient (Wildman–Crippen LogP) is 0.747. The molecular weight excluding hydrogens is 420 g/mol. The van der Waals surface area contributed by atoms with Gasteiger partial charge in [-0.15, -0.1) is 0 Å². The second-order valence-corrected chi connectivity index (χ2v) is 7.92. The van der Waals surface area contributed by atoms with Crippen LogP contribution in [0.5, 0.6) is 5.88 Å². The van der Waals surface area contributed by atoms with Gasteiger partial charge in [-0.05, 0) is 36.6 Å². The van der Waals surface area contributed by atoms with Crippen LogP contribution >= 0.6 is 11.6 Å². The maximum atomic E-state index is 11.5. The summed E-state index contributed by atoms with van der Waals surface area (Å²) in [6, 6.07) is 7.84. The predicted molar refractivity (Wildman–Crippen MR) is 115 cm³/mol. The number of imidazole rings is 1. The van der Waals surface area contributed by atoms with Gasteiger partial charge in [-0.3, -0.25) is 4.98 Å². The lowest BCUT2D eigenvalue weighted by molar-refractivity contribution is 0.454. The molecule has 4 aromatic rings. The van der Waals surface area contributed by atoms with Gasteiger partial charge in [0.25, 0.3) is 5.62 Å². The van der Waals surface area contributed by atoms with Gasteiger partial charge in [0.05, 0.1) is 12.2 Å². The van der Waals surface area contributed by atoms with E-state index < -0.39 is 5.69 Å². The van der Waals surface area contributed by atoms with E-state index >= 15 is 0 Å². The number of H-pyrrole nitrogens is 2. The number of halogens is 1. The minimum atomic E-state index is -0.498. The van der Waals surface area contributed by atoms with Gasteiger partial charge in [0.15, 0.2) is 5.65 Å². The number of aromatic amines is 2. The summed E-state index contributed by atoms with van der Waals surface area (Å²) in [5.41, 5.74) is 1.80. The summed E-state index contributed by atoms with van der Waals surface area (Å²) in [5.74, 6) is 0.241. The molecule has 158 valence electrons. The fourth-order valence-corrected chi connectivity index (χ4v) is 3.30. The Balaban J connectivity index is 1.62. The minimum absolute atomic E-state index is 0.245. The summed E-state index contributed by atoms with van der Waals surface area (Å²) in [6.45, 7) is 0.579. The number of nitrogens with zero attached hydrogens (tertiary/aromatic N) is 6. The van der Waals surface area contributed by atoms with Crippen molar-refractivity contribution in [2.75, 3.05) is 11.9 Å². The van der Waals surface area contributed by atoms with Crippen LogP contribution in [0.25, 0.3) is 11.7 Å². The van der Waals surface area contributed by atoms with Crippen LogP contribution in [0.15, 0.2) is 40.2 Å². The highest BCUT2D eigenvalue weighted by Gasteiger charge is 2.21. The molecule has 0 amide bonds. The van der Waals surface area contributed by atoms with E-state index in [4.69, 9.17) is 11.6 Å². The first-order valence-corrected chi connectivity index (χ1v) is 10.1.